The molecule has 6 unspecified atom stereocenters. The van der Waals surface area contributed by atoms with E-state index in [1.807, 2.05) is 0 Å². The minimum Gasteiger partial charge on any atom is -0.0880 e. The van der Waals surface area contributed by atoms with Crippen molar-refractivity contribution < 1.29 is 0 Å². The Bertz CT molecular complexity index is 455. The predicted molar refractivity (Wildman–Crippen MR) is 120 cm³/mol. The van der Waals surface area contributed by atoms with Gasteiger partial charge in [-0.05, 0) is 79.4 Å². The maximum Gasteiger partial charge on any atom is -0.0200 e. The SMILES string of the molecule is CCC(C)CCCCC(C1CC=CC2CC(C)CCC21)C1(C)CCCCC1. The number of hydrogen-bond donors (Lipinski definition) is 0. The Morgan fingerprint density at radius 3 is 2.52 bits per heavy atom. The van der Waals surface area contributed by atoms with Crippen LogP contribution in [-0.4, -0.2) is 0 Å². The zero-order chi connectivity index (χ0) is 19.3. The van der Waals surface area contributed by atoms with Crippen LogP contribution >= 0.6 is 0 Å². The number of unbranched alkanes of at least 4 members (excludes halogenated alkanes) is 1. The fourth-order valence-electron chi connectivity index (χ4n) is 7.12. The van der Waals surface area contributed by atoms with E-state index in [2.05, 4.69) is 39.8 Å². The molecule has 0 aromatic heterocycles. The first-order valence-electron chi connectivity index (χ1n) is 12.7. The van der Waals surface area contributed by atoms with E-state index in [1.54, 1.807) is 0 Å². The Labute approximate surface area is 171 Å². The van der Waals surface area contributed by atoms with Crippen LogP contribution in [0.25, 0.3) is 0 Å². The standard InChI is InChI=1S/C27H48/c1-5-21(2)12-7-8-15-26(27(4)18-9-6-10-19-27)25-14-11-13-23-20-22(3)16-17-24(23)25/h11,13,21-26H,5-10,12,14-20H2,1-4H3. The molecule has 0 nitrogen and oxygen atoms in total. The summed E-state index contributed by atoms with van der Waals surface area (Å²) >= 11 is 0. The molecule has 3 rings (SSSR count). The Morgan fingerprint density at radius 2 is 1.78 bits per heavy atom. The Morgan fingerprint density at radius 1 is 1.04 bits per heavy atom. The molecule has 0 radical (unpaired) electrons. The van der Waals surface area contributed by atoms with Gasteiger partial charge in [0, 0.05) is 0 Å². The number of hydrogen-bond acceptors (Lipinski definition) is 0. The highest BCUT2D eigenvalue weighted by atomic mass is 14.5. The fourth-order valence-corrected chi connectivity index (χ4v) is 7.12. The first kappa shape index (κ1) is 21.4. The molecule has 0 amide bonds. The van der Waals surface area contributed by atoms with Crippen LogP contribution in [0.2, 0.25) is 0 Å². The van der Waals surface area contributed by atoms with E-state index in [0.717, 1.165) is 35.5 Å². The van der Waals surface area contributed by atoms with Crippen molar-refractivity contribution in [3.63, 3.8) is 0 Å². The van der Waals surface area contributed by atoms with Gasteiger partial charge in [0.25, 0.3) is 0 Å². The molecule has 6 atom stereocenters. The van der Waals surface area contributed by atoms with Crippen LogP contribution in [0.15, 0.2) is 12.2 Å². The van der Waals surface area contributed by atoms with Gasteiger partial charge in [-0.25, -0.2) is 0 Å². The van der Waals surface area contributed by atoms with Gasteiger partial charge in [-0.2, -0.15) is 0 Å². The lowest BCUT2D eigenvalue weighted by atomic mass is 9.54. The maximum atomic E-state index is 2.70. The molecule has 2 fully saturated rings. The first-order valence-corrected chi connectivity index (χ1v) is 12.7. The van der Waals surface area contributed by atoms with Crippen molar-refractivity contribution in [2.75, 3.05) is 0 Å². The van der Waals surface area contributed by atoms with Crippen molar-refractivity contribution in [1.82, 2.24) is 0 Å². The van der Waals surface area contributed by atoms with Crippen LogP contribution in [0.3, 0.4) is 0 Å². The number of fused-ring (bicyclic) bond motifs is 1. The number of allylic oxidation sites excluding steroid dienone is 2. The molecule has 27 heavy (non-hydrogen) atoms. The van der Waals surface area contributed by atoms with Crippen molar-refractivity contribution in [2.24, 2.45) is 40.9 Å². The highest BCUT2D eigenvalue weighted by Gasteiger charge is 2.45. The second kappa shape index (κ2) is 9.98. The quantitative estimate of drug-likeness (QED) is 0.295. The summed E-state index contributed by atoms with van der Waals surface area (Å²) in [7, 11) is 0. The molecule has 0 aliphatic heterocycles. The van der Waals surface area contributed by atoms with E-state index in [1.165, 1.54) is 89.9 Å². The predicted octanol–water partition coefficient (Wildman–Crippen LogP) is 8.81. The lowest BCUT2D eigenvalue weighted by molar-refractivity contribution is 0.00774. The Balaban J connectivity index is 1.69. The molecular weight excluding hydrogens is 324 g/mol. The zero-order valence-electron chi connectivity index (χ0n) is 19.0. The van der Waals surface area contributed by atoms with Gasteiger partial charge in [-0.15, -0.1) is 0 Å². The van der Waals surface area contributed by atoms with E-state index in [-0.39, 0.29) is 0 Å². The highest BCUT2D eigenvalue weighted by molar-refractivity contribution is 5.06. The van der Waals surface area contributed by atoms with Gasteiger partial charge < -0.3 is 0 Å². The second-order valence-electron chi connectivity index (χ2n) is 11.2. The second-order valence-corrected chi connectivity index (χ2v) is 11.2. The largest absolute Gasteiger partial charge is 0.0880 e. The van der Waals surface area contributed by atoms with Gasteiger partial charge in [0.15, 0.2) is 0 Å². The molecule has 0 spiro atoms. The third-order valence-corrected chi connectivity index (χ3v) is 9.13. The monoisotopic (exact) mass is 372 g/mol. The summed E-state index contributed by atoms with van der Waals surface area (Å²) in [5, 5.41) is 0. The first-order chi connectivity index (χ1) is 13.0. The fraction of sp³-hybridized carbons (Fsp3) is 0.926. The van der Waals surface area contributed by atoms with E-state index < -0.39 is 0 Å². The van der Waals surface area contributed by atoms with Gasteiger partial charge in [-0.3, -0.25) is 0 Å². The van der Waals surface area contributed by atoms with Gasteiger partial charge in [0.1, 0.15) is 0 Å². The lowest BCUT2D eigenvalue weighted by Gasteiger charge is -2.51. The van der Waals surface area contributed by atoms with Crippen molar-refractivity contribution in [3.05, 3.63) is 12.2 Å². The Hall–Kier alpha value is -0.260. The van der Waals surface area contributed by atoms with Crippen LogP contribution in [0.4, 0.5) is 0 Å². The van der Waals surface area contributed by atoms with Crippen molar-refractivity contribution in [2.45, 2.75) is 118 Å². The summed E-state index contributed by atoms with van der Waals surface area (Å²) in [6.45, 7) is 9.99. The van der Waals surface area contributed by atoms with Crippen molar-refractivity contribution in [1.29, 1.82) is 0 Å². The normalized spacial score (nSPS) is 35.4. The summed E-state index contributed by atoms with van der Waals surface area (Å²) in [6, 6.07) is 0. The third kappa shape index (κ3) is 5.42. The zero-order valence-corrected chi connectivity index (χ0v) is 19.0. The van der Waals surface area contributed by atoms with E-state index in [9.17, 15) is 0 Å². The van der Waals surface area contributed by atoms with Crippen LogP contribution < -0.4 is 0 Å². The number of rotatable bonds is 8. The molecule has 0 saturated heterocycles. The van der Waals surface area contributed by atoms with E-state index in [4.69, 9.17) is 0 Å². The average Bonchev–Trinajstić information content (AvgIpc) is 2.67. The summed E-state index contributed by atoms with van der Waals surface area (Å²) in [4.78, 5) is 0. The van der Waals surface area contributed by atoms with Crippen LogP contribution in [0.5, 0.6) is 0 Å². The van der Waals surface area contributed by atoms with E-state index >= 15 is 0 Å². The van der Waals surface area contributed by atoms with E-state index in [0.29, 0.717) is 5.41 Å². The minimum atomic E-state index is 0.637. The Kier molecular flexibility index (Phi) is 7.92. The molecule has 3 aliphatic carbocycles. The molecule has 0 bridgehead atoms. The lowest BCUT2D eigenvalue weighted by Crippen LogP contribution is -2.42. The molecule has 0 heterocycles. The van der Waals surface area contributed by atoms with Gasteiger partial charge in [0.2, 0.25) is 0 Å². The van der Waals surface area contributed by atoms with Crippen LogP contribution in [0.1, 0.15) is 118 Å². The highest BCUT2D eigenvalue weighted by Crippen LogP contribution is 2.54. The van der Waals surface area contributed by atoms with Gasteiger partial charge in [0.05, 0.1) is 0 Å². The maximum absolute atomic E-state index is 2.70. The smallest absolute Gasteiger partial charge is 0.0200 e. The molecule has 3 aliphatic rings. The molecule has 156 valence electrons. The molecule has 0 aromatic rings. The van der Waals surface area contributed by atoms with Crippen molar-refractivity contribution in [3.8, 4) is 0 Å². The van der Waals surface area contributed by atoms with Gasteiger partial charge >= 0.3 is 0 Å². The molecular formula is C27H48. The molecule has 0 aromatic carbocycles. The average molecular weight is 373 g/mol. The molecule has 0 N–H and O–H groups in total. The van der Waals surface area contributed by atoms with Gasteiger partial charge in [-0.1, -0.05) is 91.2 Å². The summed E-state index contributed by atoms with van der Waals surface area (Å²) in [6.07, 6.45) is 25.9. The summed E-state index contributed by atoms with van der Waals surface area (Å²) in [5.41, 5.74) is 0.637. The summed E-state index contributed by atoms with van der Waals surface area (Å²) in [5.74, 6) is 5.76. The summed E-state index contributed by atoms with van der Waals surface area (Å²) < 4.78 is 0. The molecule has 0 heteroatoms. The molecule has 2 saturated carbocycles. The van der Waals surface area contributed by atoms with Crippen molar-refractivity contribution >= 4 is 0 Å². The topological polar surface area (TPSA) is 0 Å². The van der Waals surface area contributed by atoms with Crippen LogP contribution in [-0.2, 0) is 0 Å². The van der Waals surface area contributed by atoms with Crippen LogP contribution in [0, 0.1) is 40.9 Å². The third-order valence-electron chi connectivity index (χ3n) is 9.13. The minimum absolute atomic E-state index is 0.637.